The number of hydrogen-bond donors (Lipinski definition) is 2. The molecule has 0 rings (SSSR count). The van der Waals surface area contributed by atoms with E-state index in [9.17, 15) is 19.0 Å². The number of rotatable bonds is 70. The molecule has 10 heteroatoms. The standard InChI is InChI=1S/C79H140NO8P/c1-3-5-7-9-11-13-15-17-19-21-23-25-27-29-31-32-33-34-35-36-37-38-39-40-41-42-43-44-46-47-49-51-53-55-57-59-61-63-65-67-69-71-78(81)85-75-77(76-87-89(83,84)86-74-73-80)88-79(82)72-70-68-66-64-62-60-58-56-54-52-50-48-45-30-28-26-24-22-20-18-16-14-12-10-8-6-4-2/h5-8,11-14,17-20,23-26,30,45,77H,3-4,9-10,15-16,21-22,27-29,31-44,46-76,80H2,1-2H3,(H,83,84)/b7-5-,8-6-,13-11-,14-12-,19-17-,20-18-,25-23-,26-24-,45-30-. The second-order valence-corrected chi connectivity index (χ2v) is 26.2. The van der Waals surface area contributed by atoms with Gasteiger partial charge in [0.25, 0.3) is 0 Å². The summed E-state index contributed by atoms with van der Waals surface area (Å²) in [6, 6.07) is 0. The molecule has 2 unspecified atom stereocenters. The van der Waals surface area contributed by atoms with E-state index in [0.29, 0.717) is 6.42 Å². The molecule has 2 atom stereocenters. The van der Waals surface area contributed by atoms with Gasteiger partial charge in [0.05, 0.1) is 13.2 Å². The lowest BCUT2D eigenvalue weighted by Gasteiger charge is -2.19. The summed E-state index contributed by atoms with van der Waals surface area (Å²) in [4.78, 5) is 35.4. The van der Waals surface area contributed by atoms with Gasteiger partial charge in [-0.25, -0.2) is 4.57 Å². The average molecular weight is 1260 g/mol. The molecule has 0 aromatic carbocycles. The third kappa shape index (κ3) is 73.6. The lowest BCUT2D eigenvalue weighted by molar-refractivity contribution is -0.161. The van der Waals surface area contributed by atoms with Gasteiger partial charge in [-0.05, 0) is 96.3 Å². The molecule has 0 aromatic rings. The van der Waals surface area contributed by atoms with E-state index in [4.69, 9.17) is 24.3 Å². The number of ether oxygens (including phenoxy) is 2. The highest BCUT2D eigenvalue weighted by molar-refractivity contribution is 7.47. The van der Waals surface area contributed by atoms with E-state index in [2.05, 4.69) is 123 Å². The van der Waals surface area contributed by atoms with Crippen LogP contribution in [0.25, 0.3) is 0 Å². The Kier molecular flexibility index (Phi) is 71.0. The van der Waals surface area contributed by atoms with E-state index >= 15 is 0 Å². The molecule has 0 heterocycles. The van der Waals surface area contributed by atoms with E-state index < -0.39 is 26.5 Å². The molecule has 0 amide bonds. The van der Waals surface area contributed by atoms with Crippen LogP contribution in [0.5, 0.6) is 0 Å². The van der Waals surface area contributed by atoms with E-state index in [1.165, 1.54) is 212 Å². The Balaban J connectivity index is 3.78. The predicted molar refractivity (Wildman–Crippen MR) is 385 cm³/mol. The van der Waals surface area contributed by atoms with Crippen LogP contribution in [-0.4, -0.2) is 49.3 Å². The predicted octanol–water partition coefficient (Wildman–Crippen LogP) is 24.9. The quantitative estimate of drug-likeness (QED) is 0.0264. The van der Waals surface area contributed by atoms with Crippen molar-refractivity contribution in [2.24, 2.45) is 5.73 Å². The van der Waals surface area contributed by atoms with Gasteiger partial charge in [0.2, 0.25) is 0 Å². The zero-order valence-corrected chi connectivity index (χ0v) is 58.8. The van der Waals surface area contributed by atoms with E-state index in [1.807, 2.05) is 0 Å². The third-order valence-corrected chi connectivity index (χ3v) is 17.1. The molecule has 0 fully saturated rings. The van der Waals surface area contributed by atoms with Crippen molar-refractivity contribution in [3.8, 4) is 0 Å². The van der Waals surface area contributed by atoms with Crippen molar-refractivity contribution in [1.82, 2.24) is 0 Å². The SMILES string of the molecule is CC/C=C\C/C=C\C/C=C\C/C=C\C/C=C\CCCCCCCCCCCCCC(=O)OC(COC(=O)CCCCCCCCCCCCCCCCCCCCCCCCCCCCCC/C=C\C/C=C\C/C=C\C/C=C\CC)COP(=O)(O)OCCN. The lowest BCUT2D eigenvalue weighted by Crippen LogP contribution is -2.29. The Morgan fingerprint density at radius 2 is 0.584 bits per heavy atom. The topological polar surface area (TPSA) is 134 Å². The summed E-state index contributed by atoms with van der Waals surface area (Å²) in [7, 11) is -4.40. The molecule has 89 heavy (non-hydrogen) atoms. The highest BCUT2D eigenvalue weighted by atomic mass is 31.2. The number of phosphoric acid groups is 1. The molecule has 0 spiro atoms. The molecule has 9 nitrogen and oxygen atoms in total. The van der Waals surface area contributed by atoms with Gasteiger partial charge < -0.3 is 20.1 Å². The Morgan fingerprint density at radius 1 is 0.337 bits per heavy atom. The highest BCUT2D eigenvalue weighted by Crippen LogP contribution is 2.43. The molecule has 0 aliphatic rings. The Hall–Kier alpha value is -3.33. The van der Waals surface area contributed by atoms with Crippen molar-refractivity contribution in [1.29, 1.82) is 0 Å². The molecule has 0 aliphatic heterocycles. The van der Waals surface area contributed by atoms with Crippen molar-refractivity contribution in [2.45, 2.75) is 354 Å². The number of nitrogens with two attached hydrogens (primary N) is 1. The van der Waals surface area contributed by atoms with Crippen LogP contribution in [0.2, 0.25) is 0 Å². The van der Waals surface area contributed by atoms with Crippen molar-refractivity contribution in [3.63, 3.8) is 0 Å². The van der Waals surface area contributed by atoms with Gasteiger partial charge in [0.1, 0.15) is 6.61 Å². The molecule has 3 N–H and O–H groups in total. The van der Waals surface area contributed by atoms with Gasteiger partial charge in [-0.15, -0.1) is 0 Å². The molecule has 514 valence electrons. The summed E-state index contributed by atoms with van der Waals surface area (Å²) in [5.74, 6) is -0.820. The smallest absolute Gasteiger partial charge is 0.462 e. The van der Waals surface area contributed by atoms with Gasteiger partial charge in [-0.2, -0.15) is 0 Å². The van der Waals surface area contributed by atoms with Crippen molar-refractivity contribution in [2.75, 3.05) is 26.4 Å². The van der Waals surface area contributed by atoms with Crippen LogP contribution in [0.15, 0.2) is 109 Å². The van der Waals surface area contributed by atoms with Gasteiger partial charge >= 0.3 is 19.8 Å². The number of allylic oxidation sites excluding steroid dienone is 18. The number of carbonyl (C=O) groups excluding carboxylic acids is 2. The molecule has 0 saturated carbocycles. The minimum Gasteiger partial charge on any atom is -0.462 e. The number of carbonyl (C=O) groups is 2. The average Bonchev–Trinajstić information content (AvgIpc) is 3.64. The maximum absolute atomic E-state index is 12.8. The molecular weight excluding hydrogens is 1120 g/mol. The first-order valence-electron chi connectivity index (χ1n) is 37.4. The van der Waals surface area contributed by atoms with Crippen molar-refractivity contribution in [3.05, 3.63) is 109 Å². The largest absolute Gasteiger partial charge is 0.472 e. The van der Waals surface area contributed by atoms with Gasteiger partial charge in [-0.3, -0.25) is 18.6 Å². The Labute approximate surface area is 549 Å². The third-order valence-electron chi connectivity index (χ3n) is 16.2. The van der Waals surface area contributed by atoms with Crippen molar-refractivity contribution < 1.29 is 37.6 Å². The summed E-state index contributed by atoms with van der Waals surface area (Å²) in [5.41, 5.74) is 5.41. The Morgan fingerprint density at radius 3 is 0.865 bits per heavy atom. The van der Waals surface area contributed by atoms with Crippen LogP contribution in [0.3, 0.4) is 0 Å². The number of unbranched alkanes of at least 4 members (excludes halogenated alkanes) is 39. The molecule has 0 saturated heterocycles. The van der Waals surface area contributed by atoms with Crippen molar-refractivity contribution >= 4 is 19.8 Å². The molecule has 0 bridgehead atoms. The number of phosphoric ester groups is 1. The van der Waals surface area contributed by atoms with Crippen LogP contribution in [-0.2, 0) is 32.7 Å². The highest BCUT2D eigenvalue weighted by Gasteiger charge is 2.26. The Bertz CT molecular complexity index is 1830. The zero-order chi connectivity index (χ0) is 64.4. The minimum atomic E-state index is -4.40. The molecule has 0 aliphatic carbocycles. The fourth-order valence-electron chi connectivity index (χ4n) is 10.7. The van der Waals surface area contributed by atoms with Crippen LogP contribution in [0, 0.1) is 0 Å². The maximum Gasteiger partial charge on any atom is 0.472 e. The van der Waals surface area contributed by atoms with E-state index in [-0.39, 0.29) is 38.6 Å². The second kappa shape index (κ2) is 73.7. The van der Waals surface area contributed by atoms with E-state index in [0.717, 1.165) is 103 Å². The first-order chi connectivity index (χ1) is 43.8. The van der Waals surface area contributed by atoms with Gasteiger partial charge in [-0.1, -0.05) is 348 Å². The first-order valence-corrected chi connectivity index (χ1v) is 38.9. The monoisotopic (exact) mass is 1260 g/mol. The van der Waals surface area contributed by atoms with Crippen LogP contribution < -0.4 is 5.73 Å². The summed E-state index contributed by atoms with van der Waals surface area (Å²) in [5, 5.41) is 0. The number of esters is 2. The minimum absolute atomic E-state index is 0.0509. The van der Waals surface area contributed by atoms with Crippen LogP contribution in [0.4, 0.5) is 0 Å². The summed E-state index contributed by atoms with van der Waals surface area (Å²) in [6.45, 7) is 3.55. The number of hydrogen-bond acceptors (Lipinski definition) is 8. The summed E-state index contributed by atoms with van der Waals surface area (Å²) in [6.07, 6.45) is 102. The molecule has 0 radical (unpaired) electrons. The normalized spacial score (nSPS) is 13.5. The maximum atomic E-state index is 12.8. The second-order valence-electron chi connectivity index (χ2n) is 24.8. The summed E-state index contributed by atoms with van der Waals surface area (Å²) < 4.78 is 33.2. The molecular formula is C79H140NO8P. The van der Waals surface area contributed by atoms with E-state index in [1.54, 1.807) is 0 Å². The lowest BCUT2D eigenvalue weighted by atomic mass is 10.0. The summed E-state index contributed by atoms with van der Waals surface area (Å²) >= 11 is 0. The fourth-order valence-corrected chi connectivity index (χ4v) is 11.5. The fraction of sp³-hybridized carbons (Fsp3) is 0.747. The zero-order valence-electron chi connectivity index (χ0n) is 57.9. The van der Waals surface area contributed by atoms with Gasteiger partial charge in [0, 0.05) is 19.4 Å². The molecule has 0 aromatic heterocycles. The van der Waals surface area contributed by atoms with Crippen LogP contribution >= 0.6 is 7.82 Å². The first kappa shape index (κ1) is 85.7. The van der Waals surface area contributed by atoms with Crippen LogP contribution in [0.1, 0.15) is 348 Å². The van der Waals surface area contributed by atoms with Gasteiger partial charge in [0.15, 0.2) is 6.10 Å².